The summed E-state index contributed by atoms with van der Waals surface area (Å²) in [5.41, 5.74) is 1.51. The fraction of sp³-hybridized carbons (Fsp3) is 0.261. The van der Waals surface area contributed by atoms with Crippen LogP contribution in [0.3, 0.4) is 0 Å². The summed E-state index contributed by atoms with van der Waals surface area (Å²) in [4.78, 5) is 24.1. The number of methoxy groups -OCH3 is 1. The molecule has 0 spiro atoms. The summed E-state index contributed by atoms with van der Waals surface area (Å²) in [5, 5.41) is 14.9. The van der Waals surface area contributed by atoms with Crippen LogP contribution in [0.15, 0.2) is 54.1 Å². The van der Waals surface area contributed by atoms with Crippen molar-refractivity contribution in [1.82, 2.24) is 10.6 Å². The number of carbonyl (C=O) groups is 2. The summed E-state index contributed by atoms with van der Waals surface area (Å²) >= 11 is 0. The van der Waals surface area contributed by atoms with Crippen molar-refractivity contribution in [1.29, 1.82) is 5.26 Å². The van der Waals surface area contributed by atoms with E-state index in [-0.39, 0.29) is 24.1 Å². The number of ether oxygens (including phenoxy) is 2. The SMILES string of the molecule is CCNC(=O)COc1ccc(/C=C(\C#N)C(=O)NC(C)c2ccccc2)cc1OC. The molecule has 1 unspecified atom stereocenters. The molecule has 7 heteroatoms. The zero-order chi connectivity index (χ0) is 21.9. The molecule has 0 radical (unpaired) electrons. The van der Waals surface area contributed by atoms with Crippen molar-refractivity contribution in [3.63, 3.8) is 0 Å². The molecule has 2 rings (SSSR count). The Bertz CT molecular complexity index is 949. The molecule has 0 saturated heterocycles. The summed E-state index contributed by atoms with van der Waals surface area (Å²) < 4.78 is 10.8. The lowest BCUT2D eigenvalue weighted by Crippen LogP contribution is -2.28. The van der Waals surface area contributed by atoms with Crippen LogP contribution in [0.5, 0.6) is 11.5 Å². The van der Waals surface area contributed by atoms with Gasteiger partial charge in [-0.15, -0.1) is 0 Å². The van der Waals surface area contributed by atoms with E-state index >= 15 is 0 Å². The minimum absolute atomic E-state index is 0.0316. The standard InChI is InChI=1S/C23H25N3O4/c1-4-25-22(27)15-30-20-11-10-17(13-21(20)29-3)12-19(14-24)23(28)26-16(2)18-8-6-5-7-9-18/h5-13,16H,4,15H2,1-3H3,(H,25,27)(H,26,28)/b19-12+. The predicted octanol–water partition coefficient (Wildman–Crippen LogP) is 2.99. The Balaban J connectivity index is 2.13. The molecule has 2 aromatic rings. The molecule has 2 amide bonds. The number of likely N-dealkylation sites (N-methyl/N-ethyl adjacent to an activating group) is 1. The molecule has 7 nitrogen and oxygen atoms in total. The molecule has 0 fully saturated rings. The number of nitriles is 1. The normalized spacial score (nSPS) is 11.7. The molecule has 1 atom stereocenters. The van der Waals surface area contributed by atoms with Crippen molar-refractivity contribution in [3.8, 4) is 17.6 Å². The largest absolute Gasteiger partial charge is 0.493 e. The van der Waals surface area contributed by atoms with Crippen LogP contribution in [0.25, 0.3) is 6.08 Å². The van der Waals surface area contributed by atoms with E-state index in [0.29, 0.717) is 23.6 Å². The summed E-state index contributed by atoms with van der Waals surface area (Å²) in [6.07, 6.45) is 1.48. The molecular formula is C23H25N3O4. The van der Waals surface area contributed by atoms with Crippen LogP contribution >= 0.6 is 0 Å². The van der Waals surface area contributed by atoms with Gasteiger partial charge in [-0.05, 0) is 43.2 Å². The Morgan fingerprint density at radius 2 is 1.90 bits per heavy atom. The van der Waals surface area contributed by atoms with Crippen molar-refractivity contribution < 1.29 is 19.1 Å². The third kappa shape index (κ3) is 6.38. The van der Waals surface area contributed by atoms with E-state index < -0.39 is 5.91 Å². The molecule has 0 aliphatic carbocycles. The lowest BCUT2D eigenvalue weighted by Gasteiger charge is -2.14. The van der Waals surface area contributed by atoms with Gasteiger partial charge in [-0.1, -0.05) is 36.4 Å². The first kappa shape index (κ1) is 22.5. The fourth-order valence-corrected chi connectivity index (χ4v) is 2.70. The van der Waals surface area contributed by atoms with Gasteiger partial charge in [0.25, 0.3) is 11.8 Å². The maximum absolute atomic E-state index is 12.5. The number of carbonyl (C=O) groups excluding carboxylic acids is 2. The van der Waals surface area contributed by atoms with Crippen LogP contribution in [0, 0.1) is 11.3 Å². The summed E-state index contributed by atoms with van der Waals surface area (Å²) in [5.74, 6) is 0.0776. The molecule has 0 bridgehead atoms. The van der Waals surface area contributed by atoms with Crippen molar-refractivity contribution in [2.24, 2.45) is 0 Å². The van der Waals surface area contributed by atoms with Crippen LogP contribution in [0.2, 0.25) is 0 Å². The third-order valence-corrected chi connectivity index (χ3v) is 4.24. The number of nitrogens with zero attached hydrogens (tertiary/aromatic N) is 1. The average Bonchev–Trinajstić information content (AvgIpc) is 2.76. The Labute approximate surface area is 176 Å². The van der Waals surface area contributed by atoms with Gasteiger partial charge in [0, 0.05) is 6.54 Å². The van der Waals surface area contributed by atoms with Crippen LogP contribution in [0.1, 0.15) is 31.0 Å². The second kappa shape index (κ2) is 11.3. The van der Waals surface area contributed by atoms with Crippen LogP contribution < -0.4 is 20.1 Å². The van der Waals surface area contributed by atoms with Gasteiger partial charge in [0.1, 0.15) is 11.6 Å². The highest BCUT2D eigenvalue weighted by Crippen LogP contribution is 2.29. The zero-order valence-corrected chi connectivity index (χ0v) is 17.3. The summed E-state index contributed by atoms with van der Waals surface area (Å²) in [7, 11) is 1.47. The second-order valence-electron chi connectivity index (χ2n) is 6.43. The number of rotatable bonds is 9. The first-order valence-electron chi connectivity index (χ1n) is 9.53. The first-order valence-corrected chi connectivity index (χ1v) is 9.53. The Kier molecular flexibility index (Phi) is 8.45. The van der Waals surface area contributed by atoms with Gasteiger partial charge in [-0.3, -0.25) is 9.59 Å². The van der Waals surface area contributed by atoms with Gasteiger partial charge in [0.15, 0.2) is 18.1 Å². The minimum Gasteiger partial charge on any atom is -0.493 e. The third-order valence-electron chi connectivity index (χ3n) is 4.24. The van der Waals surface area contributed by atoms with E-state index in [1.54, 1.807) is 18.2 Å². The van der Waals surface area contributed by atoms with E-state index in [2.05, 4.69) is 10.6 Å². The van der Waals surface area contributed by atoms with Gasteiger partial charge < -0.3 is 20.1 Å². The summed E-state index contributed by atoms with van der Waals surface area (Å²) in [6, 6.07) is 16.1. The highest BCUT2D eigenvalue weighted by molar-refractivity contribution is 6.01. The quantitative estimate of drug-likeness (QED) is 0.492. The first-order chi connectivity index (χ1) is 14.5. The van der Waals surface area contributed by atoms with Gasteiger partial charge in [-0.2, -0.15) is 5.26 Å². The monoisotopic (exact) mass is 407 g/mol. The van der Waals surface area contributed by atoms with E-state index in [1.807, 2.05) is 50.2 Å². The fourth-order valence-electron chi connectivity index (χ4n) is 2.70. The van der Waals surface area contributed by atoms with Gasteiger partial charge in [0.05, 0.1) is 13.2 Å². The second-order valence-corrected chi connectivity index (χ2v) is 6.43. The average molecular weight is 407 g/mol. The van der Waals surface area contributed by atoms with E-state index in [9.17, 15) is 14.9 Å². The predicted molar refractivity (Wildman–Crippen MR) is 114 cm³/mol. The number of benzene rings is 2. The van der Waals surface area contributed by atoms with Crippen molar-refractivity contribution in [2.75, 3.05) is 20.3 Å². The molecule has 0 aliphatic heterocycles. The van der Waals surface area contributed by atoms with Crippen molar-refractivity contribution in [2.45, 2.75) is 19.9 Å². The topological polar surface area (TPSA) is 100 Å². The van der Waals surface area contributed by atoms with Crippen LogP contribution in [0.4, 0.5) is 0 Å². The maximum Gasteiger partial charge on any atom is 0.262 e. The lowest BCUT2D eigenvalue weighted by atomic mass is 10.1. The molecular weight excluding hydrogens is 382 g/mol. The molecule has 156 valence electrons. The molecule has 2 aromatic carbocycles. The van der Waals surface area contributed by atoms with Gasteiger partial charge in [0.2, 0.25) is 0 Å². The van der Waals surface area contributed by atoms with E-state index in [1.165, 1.54) is 13.2 Å². The number of amides is 2. The maximum atomic E-state index is 12.5. The molecule has 0 saturated carbocycles. The molecule has 0 aliphatic rings. The van der Waals surface area contributed by atoms with Gasteiger partial charge in [-0.25, -0.2) is 0 Å². The lowest BCUT2D eigenvalue weighted by molar-refractivity contribution is -0.123. The van der Waals surface area contributed by atoms with Crippen molar-refractivity contribution >= 4 is 17.9 Å². The minimum atomic E-state index is -0.468. The molecule has 0 heterocycles. The molecule has 30 heavy (non-hydrogen) atoms. The van der Waals surface area contributed by atoms with Crippen LogP contribution in [-0.2, 0) is 9.59 Å². The molecule has 2 N–H and O–H groups in total. The Morgan fingerprint density at radius 1 is 1.17 bits per heavy atom. The Hall–Kier alpha value is -3.79. The van der Waals surface area contributed by atoms with Crippen LogP contribution in [-0.4, -0.2) is 32.1 Å². The van der Waals surface area contributed by atoms with E-state index in [0.717, 1.165) is 5.56 Å². The van der Waals surface area contributed by atoms with Gasteiger partial charge >= 0.3 is 0 Å². The molecule has 0 aromatic heterocycles. The van der Waals surface area contributed by atoms with E-state index in [4.69, 9.17) is 9.47 Å². The zero-order valence-electron chi connectivity index (χ0n) is 17.3. The number of hydrogen-bond acceptors (Lipinski definition) is 5. The Morgan fingerprint density at radius 3 is 2.53 bits per heavy atom. The number of nitrogens with one attached hydrogen (secondary N) is 2. The highest BCUT2D eigenvalue weighted by Gasteiger charge is 2.14. The van der Waals surface area contributed by atoms with Crippen molar-refractivity contribution in [3.05, 3.63) is 65.2 Å². The number of hydrogen-bond donors (Lipinski definition) is 2. The summed E-state index contributed by atoms with van der Waals surface area (Å²) in [6.45, 7) is 4.06. The smallest absolute Gasteiger partial charge is 0.262 e. The highest BCUT2D eigenvalue weighted by atomic mass is 16.5.